The Bertz CT molecular complexity index is 1120. The molecule has 0 fully saturated rings. The second-order valence-electron chi connectivity index (χ2n) is 7.31. The average molecular weight is 422 g/mol. The number of esters is 1. The molecule has 0 radical (unpaired) electrons. The van der Waals surface area contributed by atoms with E-state index in [9.17, 15) is 9.59 Å². The Morgan fingerprint density at radius 2 is 1.81 bits per heavy atom. The standard InChI is InChI=1S/C23H27N5O3/c1-6-31-23(30)19-7-9-21(10-8-19)28-17(4)12-20(18(28)5)13-24-25-22(29)14-27-16(3)11-15(2)26-27/h7-13H,6,14H2,1-5H3,(H,25,29)/b24-13+. The van der Waals surface area contributed by atoms with Crippen LogP contribution >= 0.6 is 0 Å². The predicted octanol–water partition coefficient (Wildman–Crippen LogP) is 3.23. The first-order chi connectivity index (χ1) is 14.8. The largest absolute Gasteiger partial charge is 0.462 e. The van der Waals surface area contributed by atoms with Gasteiger partial charge in [0.15, 0.2) is 0 Å². The van der Waals surface area contributed by atoms with Crippen molar-refractivity contribution in [3.63, 3.8) is 0 Å². The van der Waals surface area contributed by atoms with Crippen molar-refractivity contribution in [1.29, 1.82) is 0 Å². The van der Waals surface area contributed by atoms with Gasteiger partial charge >= 0.3 is 5.97 Å². The third-order valence-corrected chi connectivity index (χ3v) is 4.90. The highest BCUT2D eigenvalue weighted by molar-refractivity contribution is 5.89. The summed E-state index contributed by atoms with van der Waals surface area (Å²) >= 11 is 0. The van der Waals surface area contributed by atoms with E-state index in [1.54, 1.807) is 30.0 Å². The van der Waals surface area contributed by atoms with Gasteiger partial charge in [0.1, 0.15) is 6.54 Å². The number of hydrogen-bond donors (Lipinski definition) is 1. The highest BCUT2D eigenvalue weighted by atomic mass is 16.5. The van der Waals surface area contributed by atoms with E-state index in [0.717, 1.165) is 34.0 Å². The Hall–Kier alpha value is -3.68. The van der Waals surface area contributed by atoms with E-state index in [0.29, 0.717) is 12.2 Å². The van der Waals surface area contributed by atoms with Crippen LogP contribution in [0.3, 0.4) is 0 Å². The lowest BCUT2D eigenvalue weighted by Crippen LogP contribution is -2.24. The van der Waals surface area contributed by atoms with Crippen LogP contribution in [0.1, 0.15) is 45.6 Å². The Labute approximate surface area is 181 Å². The van der Waals surface area contributed by atoms with E-state index in [2.05, 4.69) is 20.2 Å². The van der Waals surface area contributed by atoms with Crippen molar-refractivity contribution in [2.24, 2.45) is 5.10 Å². The second kappa shape index (κ2) is 9.42. The van der Waals surface area contributed by atoms with E-state index >= 15 is 0 Å². The van der Waals surface area contributed by atoms with E-state index in [1.807, 2.05) is 52.0 Å². The third kappa shape index (κ3) is 5.09. The summed E-state index contributed by atoms with van der Waals surface area (Å²) < 4.78 is 8.74. The zero-order chi connectivity index (χ0) is 22.5. The van der Waals surface area contributed by atoms with E-state index in [1.165, 1.54) is 0 Å². The zero-order valence-electron chi connectivity index (χ0n) is 18.5. The third-order valence-electron chi connectivity index (χ3n) is 4.90. The molecule has 0 unspecified atom stereocenters. The van der Waals surface area contributed by atoms with Crippen LogP contribution in [0.25, 0.3) is 5.69 Å². The molecule has 1 amide bonds. The number of nitrogens with one attached hydrogen (secondary N) is 1. The minimum Gasteiger partial charge on any atom is -0.462 e. The van der Waals surface area contributed by atoms with Crippen LogP contribution in [0.4, 0.5) is 0 Å². The smallest absolute Gasteiger partial charge is 0.338 e. The first-order valence-electron chi connectivity index (χ1n) is 10.1. The monoisotopic (exact) mass is 421 g/mol. The van der Waals surface area contributed by atoms with Crippen molar-refractivity contribution in [2.45, 2.75) is 41.2 Å². The fraction of sp³-hybridized carbons (Fsp3) is 0.304. The number of nitrogens with zero attached hydrogens (tertiary/aromatic N) is 4. The summed E-state index contributed by atoms with van der Waals surface area (Å²) in [7, 11) is 0. The molecule has 2 aromatic heterocycles. The summed E-state index contributed by atoms with van der Waals surface area (Å²) in [6, 6.07) is 11.2. The van der Waals surface area contributed by atoms with Gasteiger partial charge in [0, 0.05) is 28.3 Å². The lowest BCUT2D eigenvalue weighted by molar-refractivity contribution is -0.121. The molecule has 0 atom stereocenters. The Morgan fingerprint density at radius 3 is 2.42 bits per heavy atom. The summed E-state index contributed by atoms with van der Waals surface area (Å²) in [5, 5.41) is 8.38. The van der Waals surface area contributed by atoms with Crippen LogP contribution in [0.2, 0.25) is 0 Å². The van der Waals surface area contributed by atoms with Crippen LogP contribution < -0.4 is 5.43 Å². The number of rotatable bonds is 7. The number of ether oxygens (including phenoxy) is 1. The van der Waals surface area contributed by atoms with Crippen LogP contribution in [0.15, 0.2) is 41.5 Å². The van der Waals surface area contributed by atoms with Crippen LogP contribution in [0.5, 0.6) is 0 Å². The fourth-order valence-corrected chi connectivity index (χ4v) is 3.46. The molecule has 3 rings (SSSR count). The van der Waals surface area contributed by atoms with Gasteiger partial charge in [-0.25, -0.2) is 10.2 Å². The Kier molecular flexibility index (Phi) is 6.69. The minimum absolute atomic E-state index is 0.114. The van der Waals surface area contributed by atoms with Crippen LogP contribution in [-0.4, -0.2) is 39.0 Å². The van der Waals surface area contributed by atoms with E-state index in [-0.39, 0.29) is 18.4 Å². The van der Waals surface area contributed by atoms with Crippen molar-refractivity contribution in [2.75, 3.05) is 6.61 Å². The number of hydrazone groups is 1. The highest BCUT2D eigenvalue weighted by Gasteiger charge is 2.12. The molecule has 0 aliphatic heterocycles. The van der Waals surface area contributed by atoms with Gasteiger partial charge in [0.25, 0.3) is 5.91 Å². The van der Waals surface area contributed by atoms with E-state index in [4.69, 9.17) is 4.74 Å². The Morgan fingerprint density at radius 1 is 1.10 bits per heavy atom. The molecular weight excluding hydrogens is 394 g/mol. The maximum atomic E-state index is 12.1. The number of carbonyl (C=O) groups is 2. The number of carbonyl (C=O) groups excluding carboxylic acids is 2. The topological polar surface area (TPSA) is 90.5 Å². The summed E-state index contributed by atoms with van der Waals surface area (Å²) in [4.78, 5) is 24.0. The molecule has 2 heterocycles. The SMILES string of the molecule is CCOC(=O)c1ccc(-n2c(C)cc(/C=N/NC(=O)Cn3nc(C)cc3C)c2C)cc1. The molecule has 0 saturated heterocycles. The number of aromatic nitrogens is 3. The average Bonchev–Trinajstić information content (AvgIpc) is 3.19. The lowest BCUT2D eigenvalue weighted by Gasteiger charge is -2.10. The van der Waals surface area contributed by atoms with Gasteiger partial charge in [0.2, 0.25) is 0 Å². The van der Waals surface area contributed by atoms with Gasteiger partial charge in [-0.2, -0.15) is 10.2 Å². The predicted molar refractivity (Wildman–Crippen MR) is 119 cm³/mol. The van der Waals surface area contributed by atoms with Crippen molar-refractivity contribution in [3.8, 4) is 5.69 Å². The number of hydrogen-bond acceptors (Lipinski definition) is 5. The van der Waals surface area contributed by atoms with Gasteiger partial charge in [-0.3, -0.25) is 9.48 Å². The molecule has 162 valence electrons. The van der Waals surface area contributed by atoms with Crippen molar-refractivity contribution < 1.29 is 14.3 Å². The zero-order valence-corrected chi connectivity index (χ0v) is 18.5. The molecule has 1 aromatic carbocycles. The maximum absolute atomic E-state index is 12.1. The summed E-state index contributed by atoms with van der Waals surface area (Å²) in [5.74, 6) is -0.579. The molecule has 3 aromatic rings. The molecule has 0 bridgehead atoms. The van der Waals surface area contributed by atoms with E-state index < -0.39 is 0 Å². The highest BCUT2D eigenvalue weighted by Crippen LogP contribution is 2.20. The molecule has 8 heteroatoms. The molecule has 31 heavy (non-hydrogen) atoms. The van der Waals surface area contributed by atoms with Crippen LogP contribution in [0, 0.1) is 27.7 Å². The normalized spacial score (nSPS) is 11.1. The van der Waals surface area contributed by atoms with Crippen molar-refractivity contribution in [3.05, 3.63) is 70.3 Å². The molecule has 1 N–H and O–H groups in total. The first-order valence-corrected chi connectivity index (χ1v) is 10.1. The van der Waals surface area contributed by atoms with Crippen molar-refractivity contribution >= 4 is 18.1 Å². The van der Waals surface area contributed by atoms with Crippen LogP contribution in [-0.2, 0) is 16.1 Å². The lowest BCUT2D eigenvalue weighted by atomic mass is 10.2. The minimum atomic E-state index is -0.334. The van der Waals surface area contributed by atoms with Gasteiger partial charge in [-0.05, 0) is 71.0 Å². The van der Waals surface area contributed by atoms with Gasteiger partial charge in [0.05, 0.1) is 24.1 Å². The summed E-state index contributed by atoms with van der Waals surface area (Å²) in [6.45, 7) is 10.0. The quantitative estimate of drug-likeness (QED) is 0.360. The molecular formula is C23H27N5O3. The van der Waals surface area contributed by atoms with Crippen molar-refractivity contribution in [1.82, 2.24) is 19.8 Å². The van der Waals surface area contributed by atoms with Gasteiger partial charge in [-0.15, -0.1) is 0 Å². The molecule has 0 spiro atoms. The molecule has 8 nitrogen and oxygen atoms in total. The fourth-order valence-electron chi connectivity index (χ4n) is 3.46. The summed E-state index contributed by atoms with van der Waals surface area (Å²) in [6.07, 6.45) is 1.63. The molecule has 0 aliphatic rings. The van der Waals surface area contributed by atoms with Gasteiger partial charge in [-0.1, -0.05) is 0 Å². The number of aryl methyl sites for hydroxylation is 3. The molecule has 0 saturated carbocycles. The second-order valence-corrected chi connectivity index (χ2v) is 7.31. The summed E-state index contributed by atoms with van der Waals surface area (Å²) in [5.41, 5.74) is 8.66. The molecule has 0 aliphatic carbocycles. The number of amides is 1. The Balaban J connectivity index is 1.70. The maximum Gasteiger partial charge on any atom is 0.338 e. The number of benzene rings is 1. The van der Waals surface area contributed by atoms with Gasteiger partial charge < -0.3 is 9.30 Å². The first kappa shape index (κ1) is 22.0.